The highest BCUT2D eigenvalue weighted by molar-refractivity contribution is 5.50. The van der Waals surface area contributed by atoms with E-state index in [1.54, 1.807) is 0 Å². The Labute approximate surface area is 170 Å². The summed E-state index contributed by atoms with van der Waals surface area (Å²) in [5.74, 6) is -0.651. The standard InChI is InChI=1S/C19H19FN2O8/c20-13-4-6-15(21(23)24)17(11-13)27-9-10-28-18-12-14(5-7-16(18)22(25)26)30-19-3-1-2-8-29-19/h4-7,11-12,19H,1-3,8-10H2. The molecule has 0 radical (unpaired) electrons. The molecule has 1 unspecified atom stereocenters. The lowest BCUT2D eigenvalue weighted by atomic mass is 10.2. The fourth-order valence-corrected chi connectivity index (χ4v) is 2.85. The molecule has 160 valence electrons. The van der Waals surface area contributed by atoms with Gasteiger partial charge in [0.25, 0.3) is 0 Å². The highest BCUT2D eigenvalue weighted by atomic mass is 19.1. The summed E-state index contributed by atoms with van der Waals surface area (Å²) in [7, 11) is 0. The van der Waals surface area contributed by atoms with Gasteiger partial charge in [-0.3, -0.25) is 20.2 Å². The van der Waals surface area contributed by atoms with Crippen LogP contribution < -0.4 is 14.2 Å². The molecule has 1 saturated heterocycles. The molecule has 3 rings (SSSR count). The number of hydrogen-bond donors (Lipinski definition) is 0. The Morgan fingerprint density at radius 3 is 2.20 bits per heavy atom. The van der Waals surface area contributed by atoms with E-state index in [9.17, 15) is 24.6 Å². The Balaban J connectivity index is 1.63. The molecule has 0 bridgehead atoms. The molecule has 1 fully saturated rings. The number of rotatable bonds is 9. The Hall–Kier alpha value is -3.47. The van der Waals surface area contributed by atoms with Crippen molar-refractivity contribution < 1.29 is 33.2 Å². The molecule has 1 atom stereocenters. The quantitative estimate of drug-likeness (QED) is 0.337. The number of benzene rings is 2. The minimum atomic E-state index is -0.700. The highest BCUT2D eigenvalue weighted by Gasteiger charge is 2.20. The zero-order chi connectivity index (χ0) is 21.5. The molecule has 30 heavy (non-hydrogen) atoms. The highest BCUT2D eigenvalue weighted by Crippen LogP contribution is 2.33. The molecule has 2 aromatic rings. The lowest BCUT2D eigenvalue weighted by Crippen LogP contribution is -2.25. The van der Waals surface area contributed by atoms with E-state index in [1.165, 1.54) is 18.2 Å². The van der Waals surface area contributed by atoms with Crippen molar-refractivity contribution in [2.24, 2.45) is 0 Å². The number of ether oxygens (including phenoxy) is 4. The summed E-state index contributed by atoms with van der Waals surface area (Å²) in [6, 6.07) is 6.91. The summed E-state index contributed by atoms with van der Waals surface area (Å²) >= 11 is 0. The molecular formula is C19H19FN2O8. The van der Waals surface area contributed by atoms with Gasteiger partial charge in [-0.15, -0.1) is 0 Å². The summed E-state index contributed by atoms with van der Waals surface area (Å²) in [5, 5.41) is 22.2. The molecule has 0 aromatic heterocycles. The second kappa shape index (κ2) is 9.83. The zero-order valence-electron chi connectivity index (χ0n) is 15.8. The topological polar surface area (TPSA) is 123 Å². The van der Waals surface area contributed by atoms with E-state index < -0.39 is 27.6 Å². The third-order valence-electron chi connectivity index (χ3n) is 4.25. The van der Waals surface area contributed by atoms with Gasteiger partial charge < -0.3 is 18.9 Å². The summed E-state index contributed by atoms with van der Waals surface area (Å²) < 4.78 is 35.2. The number of nitro groups is 2. The van der Waals surface area contributed by atoms with Gasteiger partial charge in [-0.25, -0.2) is 4.39 Å². The van der Waals surface area contributed by atoms with Crippen LogP contribution >= 0.6 is 0 Å². The van der Waals surface area contributed by atoms with Crippen molar-refractivity contribution in [1.29, 1.82) is 0 Å². The lowest BCUT2D eigenvalue weighted by Gasteiger charge is -2.23. The third kappa shape index (κ3) is 5.54. The first-order valence-electron chi connectivity index (χ1n) is 9.20. The van der Waals surface area contributed by atoms with Crippen LogP contribution in [0.15, 0.2) is 36.4 Å². The Bertz CT molecular complexity index is 917. The first kappa shape index (κ1) is 21.2. The molecule has 0 amide bonds. The van der Waals surface area contributed by atoms with E-state index in [2.05, 4.69) is 0 Å². The molecule has 1 aliphatic rings. The van der Waals surface area contributed by atoms with Crippen LogP contribution in [0.25, 0.3) is 0 Å². The predicted molar refractivity (Wildman–Crippen MR) is 101 cm³/mol. The van der Waals surface area contributed by atoms with Crippen molar-refractivity contribution in [1.82, 2.24) is 0 Å². The van der Waals surface area contributed by atoms with Crippen molar-refractivity contribution in [3.63, 3.8) is 0 Å². The number of halogens is 1. The van der Waals surface area contributed by atoms with Crippen molar-refractivity contribution in [2.45, 2.75) is 25.6 Å². The van der Waals surface area contributed by atoms with Crippen LogP contribution in [-0.4, -0.2) is 36.0 Å². The number of nitrogens with zero attached hydrogens (tertiary/aromatic N) is 2. The third-order valence-corrected chi connectivity index (χ3v) is 4.25. The van der Waals surface area contributed by atoms with Gasteiger partial charge in [0.15, 0.2) is 12.0 Å². The smallest absolute Gasteiger partial charge is 0.311 e. The maximum absolute atomic E-state index is 13.3. The van der Waals surface area contributed by atoms with Crippen LogP contribution in [0.1, 0.15) is 19.3 Å². The van der Waals surface area contributed by atoms with E-state index >= 15 is 0 Å². The Kier molecular flexibility index (Phi) is 6.96. The Morgan fingerprint density at radius 1 is 0.967 bits per heavy atom. The first-order valence-corrected chi connectivity index (χ1v) is 9.20. The van der Waals surface area contributed by atoms with Crippen LogP contribution in [0, 0.1) is 26.0 Å². The molecule has 0 saturated carbocycles. The fraction of sp³-hybridized carbons (Fsp3) is 0.368. The van der Waals surface area contributed by atoms with Gasteiger partial charge in [-0.2, -0.15) is 0 Å². The molecular weight excluding hydrogens is 403 g/mol. The van der Waals surface area contributed by atoms with E-state index in [0.717, 1.165) is 31.0 Å². The van der Waals surface area contributed by atoms with Crippen LogP contribution in [0.5, 0.6) is 17.2 Å². The van der Waals surface area contributed by atoms with Crippen LogP contribution in [0.2, 0.25) is 0 Å². The fourth-order valence-electron chi connectivity index (χ4n) is 2.85. The van der Waals surface area contributed by atoms with Gasteiger partial charge in [0.2, 0.25) is 5.75 Å². The van der Waals surface area contributed by atoms with Crippen molar-refractivity contribution >= 4 is 11.4 Å². The van der Waals surface area contributed by atoms with Gasteiger partial charge >= 0.3 is 11.4 Å². The average molecular weight is 422 g/mol. The largest absolute Gasteiger partial charge is 0.483 e. The van der Waals surface area contributed by atoms with Gasteiger partial charge in [0.1, 0.15) is 24.8 Å². The molecule has 1 aliphatic heterocycles. The van der Waals surface area contributed by atoms with E-state index in [1.807, 2.05) is 0 Å². The predicted octanol–water partition coefficient (Wildman–Crippen LogP) is 4.01. The van der Waals surface area contributed by atoms with Gasteiger partial charge in [-0.05, 0) is 25.0 Å². The SMILES string of the molecule is O=[N+]([O-])c1ccc(F)cc1OCCOc1cc(OC2CCCCO2)ccc1[N+](=O)[O-]. The molecule has 0 aliphatic carbocycles. The monoisotopic (exact) mass is 422 g/mol. The minimum absolute atomic E-state index is 0.0503. The molecule has 11 heteroatoms. The maximum atomic E-state index is 13.3. The van der Waals surface area contributed by atoms with Crippen LogP contribution in [0.4, 0.5) is 15.8 Å². The molecule has 0 N–H and O–H groups in total. The second-order valence-electron chi connectivity index (χ2n) is 6.37. The van der Waals surface area contributed by atoms with Crippen molar-refractivity contribution in [3.8, 4) is 17.2 Å². The number of nitro benzene ring substituents is 2. The second-order valence-corrected chi connectivity index (χ2v) is 6.37. The van der Waals surface area contributed by atoms with E-state index in [0.29, 0.717) is 18.8 Å². The minimum Gasteiger partial charge on any atom is -0.483 e. The van der Waals surface area contributed by atoms with Crippen molar-refractivity contribution in [3.05, 3.63) is 62.4 Å². The zero-order valence-corrected chi connectivity index (χ0v) is 15.8. The van der Waals surface area contributed by atoms with Gasteiger partial charge in [0.05, 0.1) is 16.5 Å². The van der Waals surface area contributed by atoms with Crippen molar-refractivity contribution in [2.75, 3.05) is 19.8 Å². The normalized spacial score (nSPS) is 16.0. The van der Waals surface area contributed by atoms with E-state index in [4.69, 9.17) is 18.9 Å². The summed E-state index contributed by atoms with van der Waals surface area (Å²) in [4.78, 5) is 20.9. The summed E-state index contributed by atoms with van der Waals surface area (Å²) in [6.07, 6.45) is 2.21. The van der Waals surface area contributed by atoms with Crippen LogP contribution in [0.3, 0.4) is 0 Å². The average Bonchev–Trinajstić information content (AvgIpc) is 2.72. The summed E-state index contributed by atoms with van der Waals surface area (Å²) in [6.45, 7) is 0.223. The molecule has 1 heterocycles. The molecule has 2 aromatic carbocycles. The lowest BCUT2D eigenvalue weighted by molar-refractivity contribution is -0.386. The molecule has 0 spiro atoms. The maximum Gasteiger partial charge on any atom is 0.311 e. The number of hydrogen-bond acceptors (Lipinski definition) is 8. The van der Waals surface area contributed by atoms with Gasteiger partial charge in [-0.1, -0.05) is 0 Å². The van der Waals surface area contributed by atoms with Gasteiger partial charge in [0, 0.05) is 30.7 Å². The summed E-state index contributed by atoms with van der Waals surface area (Å²) in [5.41, 5.74) is -0.672. The van der Waals surface area contributed by atoms with E-state index in [-0.39, 0.29) is 30.4 Å². The first-order chi connectivity index (χ1) is 14.4. The van der Waals surface area contributed by atoms with Crippen LogP contribution in [-0.2, 0) is 4.74 Å². The Morgan fingerprint density at radius 2 is 1.60 bits per heavy atom. The molecule has 10 nitrogen and oxygen atoms in total.